The summed E-state index contributed by atoms with van der Waals surface area (Å²) in [5.74, 6) is 1.03. The first-order chi connectivity index (χ1) is 14.2. The van der Waals surface area contributed by atoms with Crippen LogP contribution >= 0.6 is 11.6 Å². The molecule has 3 heterocycles. The van der Waals surface area contributed by atoms with Crippen molar-refractivity contribution in [1.82, 2.24) is 20.2 Å². The molecule has 2 aliphatic heterocycles. The van der Waals surface area contributed by atoms with Gasteiger partial charge in [0.05, 0.1) is 22.1 Å². The van der Waals surface area contributed by atoms with Crippen LogP contribution in [0.3, 0.4) is 0 Å². The van der Waals surface area contributed by atoms with Gasteiger partial charge in [0.15, 0.2) is 0 Å². The lowest BCUT2D eigenvalue weighted by molar-refractivity contribution is -0.133. The van der Waals surface area contributed by atoms with Crippen LogP contribution in [0.15, 0.2) is 42.5 Å². The Labute approximate surface area is 174 Å². The molecule has 2 aromatic carbocycles. The number of halogens is 1. The SMILES string of the molecule is O=C([C@H]1CCCN1)N1CCN(c2ccc(Cl)c(-c3nc4ccccc4[nH]3)c2)CC1. The zero-order valence-corrected chi connectivity index (χ0v) is 17.0. The topological polar surface area (TPSA) is 64.3 Å². The van der Waals surface area contributed by atoms with Crippen LogP contribution in [0.5, 0.6) is 0 Å². The van der Waals surface area contributed by atoms with Gasteiger partial charge in [0.1, 0.15) is 5.82 Å². The van der Waals surface area contributed by atoms with Gasteiger partial charge in [-0.1, -0.05) is 23.7 Å². The second-order valence-corrected chi connectivity index (χ2v) is 8.14. The van der Waals surface area contributed by atoms with Crippen molar-refractivity contribution >= 4 is 34.2 Å². The lowest BCUT2D eigenvalue weighted by Crippen LogP contribution is -2.53. The zero-order chi connectivity index (χ0) is 19.8. The number of imidazole rings is 1. The Morgan fingerprint density at radius 2 is 1.93 bits per heavy atom. The van der Waals surface area contributed by atoms with Gasteiger partial charge in [0, 0.05) is 37.4 Å². The van der Waals surface area contributed by atoms with Crippen LogP contribution in [0.1, 0.15) is 12.8 Å². The zero-order valence-electron chi connectivity index (χ0n) is 16.2. The van der Waals surface area contributed by atoms with Crippen LogP contribution in [-0.2, 0) is 4.79 Å². The number of H-pyrrole nitrogens is 1. The van der Waals surface area contributed by atoms with Gasteiger partial charge in [-0.25, -0.2) is 4.98 Å². The van der Waals surface area contributed by atoms with E-state index in [0.717, 1.165) is 73.7 Å². The van der Waals surface area contributed by atoms with Crippen molar-refractivity contribution < 1.29 is 4.79 Å². The first-order valence-electron chi connectivity index (χ1n) is 10.2. The maximum Gasteiger partial charge on any atom is 0.239 e. The van der Waals surface area contributed by atoms with Crippen LogP contribution in [-0.4, -0.2) is 59.5 Å². The number of hydrogen-bond acceptors (Lipinski definition) is 4. The van der Waals surface area contributed by atoms with Crippen molar-refractivity contribution in [3.8, 4) is 11.4 Å². The molecule has 2 saturated heterocycles. The van der Waals surface area contributed by atoms with Crippen molar-refractivity contribution in [3.05, 3.63) is 47.5 Å². The Bertz CT molecular complexity index is 1000. The average Bonchev–Trinajstić information content (AvgIpc) is 3.44. The van der Waals surface area contributed by atoms with Crippen LogP contribution < -0.4 is 10.2 Å². The molecule has 150 valence electrons. The minimum atomic E-state index is 0.0109. The van der Waals surface area contributed by atoms with E-state index in [1.54, 1.807) is 0 Å². The van der Waals surface area contributed by atoms with E-state index in [0.29, 0.717) is 5.02 Å². The van der Waals surface area contributed by atoms with Gasteiger partial charge in [0.25, 0.3) is 0 Å². The Morgan fingerprint density at radius 3 is 2.69 bits per heavy atom. The summed E-state index contributed by atoms with van der Waals surface area (Å²) in [6.45, 7) is 4.09. The molecular formula is C22H24ClN5O. The second-order valence-electron chi connectivity index (χ2n) is 7.73. The summed E-state index contributed by atoms with van der Waals surface area (Å²) in [5.41, 5.74) is 3.93. The molecule has 1 amide bonds. The molecule has 0 aliphatic carbocycles. The number of carbonyl (C=O) groups is 1. The molecule has 0 unspecified atom stereocenters. The number of carbonyl (C=O) groups excluding carboxylic acids is 1. The number of amides is 1. The van der Waals surface area contributed by atoms with E-state index in [9.17, 15) is 4.79 Å². The van der Waals surface area contributed by atoms with Gasteiger partial charge in [-0.2, -0.15) is 0 Å². The molecular weight excluding hydrogens is 386 g/mol. The highest BCUT2D eigenvalue weighted by molar-refractivity contribution is 6.33. The van der Waals surface area contributed by atoms with E-state index in [1.165, 1.54) is 0 Å². The lowest BCUT2D eigenvalue weighted by atomic mass is 10.1. The number of aromatic nitrogens is 2. The van der Waals surface area contributed by atoms with E-state index in [1.807, 2.05) is 41.3 Å². The molecule has 2 fully saturated rings. The quantitative estimate of drug-likeness (QED) is 0.696. The van der Waals surface area contributed by atoms with Crippen molar-refractivity contribution in [2.75, 3.05) is 37.6 Å². The molecule has 7 heteroatoms. The summed E-state index contributed by atoms with van der Waals surface area (Å²) in [4.78, 5) is 25.0. The van der Waals surface area contributed by atoms with Crippen LogP contribution in [0, 0.1) is 0 Å². The van der Waals surface area contributed by atoms with Gasteiger partial charge >= 0.3 is 0 Å². The molecule has 3 aromatic rings. The fourth-order valence-corrected chi connectivity index (χ4v) is 4.48. The Morgan fingerprint density at radius 1 is 1.10 bits per heavy atom. The molecule has 29 heavy (non-hydrogen) atoms. The summed E-state index contributed by atoms with van der Waals surface area (Å²) < 4.78 is 0. The highest BCUT2D eigenvalue weighted by atomic mass is 35.5. The standard InChI is InChI=1S/C22H24ClN5O/c23-17-8-7-15(14-16(17)21-25-18-4-1-2-5-19(18)26-21)27-10-12-28(13-11-27)22(29)20-6-3-9-24-20/h1-2,4-5,7-8,14,20,24H,3,6,9-13H2,(H,25,26)/t20-/m1/s1. The molecule has 0 spiro atoms. The highest BCUT2D eigenvalue weighted by Gasteiger charge is 2.29. The van der Waals surface area contributed by atoms with Crippen molar-refractivity contribution in [1.29, 1.82) is 0 Å². The number of fused-ring (bicyclic) bond motifs is 1. The fraction of sp³-hybridized carbons (Fsp3) is 0.364. The molecule has 2 aliphatic rings. The maximum absolute atomic E-state index is 12.6. The molecule has 1 aromatic heterocycles. The first-order valence-corrected chi connectivity index (χ1v) is 10.6. The fourth-order valence-electron chi connectivity index (χ4n) is 4.27. The number of anilines is 1. The van der Waals surface area contributed by atoms with Crippen LogP contribution in [0.2, 0.25) is 5.02 Å². The number of benzene rings is 2. The minimum Gasteiger partial charge on any atom is -0.368 e. The summed E-state index contributed by atoms with van der Waals surface area (Å²) in [5, 5.41) is 3.98. The third kappa shape index (κ3) is 3.58. The number of rotatable bonds is 3. The maximum atomic E-state index is 12.6. The normalized spacial score (nSPS) is 19.8. The number of nitrogens with zero attached hydrogens (tertiary/aromatic N) is 3. The van der Waals surface area contributed by atoms with E-state index in [2.05, 4.69) is 21.3 Å². The number of nitrogens with one attached hydrogen (secondary N) is 2. The largest absolute Gasteiger partial charge is 0.368 e. The van der Waals surface area contributed by atoms with Gasteiger partial charge in [-0.05, 0) is 49.7 Å². The Kier molecular flexibility index (Phi) is 4.89. The second kappa shape index (κ2) is 7.69. The van der Waals surface area contributed by atoms with Gasteiger partial charge in [-0.3, -0.25) is 4.79 Å². The summed E-state index contributed by atoms with van der Waals surface area (Å²) in [7, 11) is 0. The summed E-state index contributed by atoms with van der Waals surface area (Å²) >= 11 is 6.50. The van der Waals surface area contributed by atoms with Crippen molar-refractivity contribution in [2.45, 2.75) is 18.9 Å². The van der Waals surface area contributed by atoms with Gasteiger partial charge in [-0.15, -0.1) is 0 Å². The monoisotopic (exact) mass is 409 g/mol. The minimum absolute atomic E-state index is 0.0109. The average molecular weight is 410 g/mol. The number of para-hydroxylation sites is 2. The molecule has 5 rings (SSSR count). The van der Waals surface area contributed by atoms with Crippen molar-refractivity contribution in [2.24, 2.45) is 0 Å². The van der Waals surface area contributed by atoms with Gasteiger partial charge in [0.2, 0.25) is 5.91 Å². The molecule has 0 bridgehead atoms. The molecule has 1 atom stereocenters. The smallest absolute Gasteiger partial charge is 0.239 e. The van der Waals surface area contributed by atoms with E-state index in [-0.39, 0.29) is 11.9 Å². The third-order valence-electron chi connectivity index (χ3n) is 5.91. The Hall–Kier alpha value is -2.57. The molecule has 2 N–H and O–H groups in total. The molecule has 6 nitrogen and oxygen atoms in total. The van der Waals surface area contributed by atoms with Gasteiger partial charge < -0.3 is 20.1 Å². The number of aromatic amines is 1. The van der Waals surface area contributed by atoms with Crippen LogP contribution in [0.4, 0.5) is 5.69 Å². The van der Waals surface area contributed by atoms with E-state index < -0.39 is 0 Å². The lowest BCUT2D eigenvalue weighted by Gasteiger charge is -2.37. The van der Waals surface area contributed by atoms with Crippen molar-refractivity contribution in [3.63, 3.8) is 0 Å². The first kappa shape index (κ1) is 18.5. The van der Waals surface area contributed by atoms with Crippen LogP contribution in [0.25, 0.3) is 22.4 Å². The summed E-state index contributed by atoms with van der Waals surface area (Å²) in [6.07, 6.45) is 2.04. The predicted octanol–water partition coefficient (Wildman–Crippen LogP) is 3.28. The number of hydrogen-bond donors (Lipinski definition) is 2. The molecule has 0 radical (unpaired) electrons. The number of piperazine rings is 1. The third-order valence-corrected chi connectivity index (χ3v) is 6.24. The Balaban J connectivity index is 1.33. The van der Waals surface area contributed by atoms with E-state index >= 15 is 0 Å². The highest BCUT2D eigenvalue weighted by Crippen LogP contribution is 2.32. The summed E-state index contributed by atoms with van der Waals surface area (Å²) in [6, 6.07) is 14.1. The molecule has 0 saturated carbocycles. The predicted molar refractivity (Wildman–Crippen MR) is 116 cm³/mol. The van der Waals surface area contributed by atoms with E-state index in [4.69, 9.17) is 16.6 Å².